The number of aliphatic hydroxyl groups is 2. The Bertz CT molecular complexity index is 902. The van der Waals surface area contributed by atoms with Crippen molar-refractivity contribution in [2.45, 2.75) is 103 Å². The number of aliphatic hydroxyl groups excluding tert-OH is 2. The Morgan fingerprint density at radius 1 is 1.32 bits per heavy atom. The molecule has 0 bridgehead atoms. The fraction of sp³-hybridized carbons (Fsp3) is 0.720. The minimum absolute atomic E-state index is 0.0517. The predicted octanol–water partition coefficient (Wildman–Crippen LogP) is 2.99. The Labute approximate surface area is 205 Å². The average Bonchev–Trinajstić information content (AvgIpc) is 3.18. The molecule has 1 unspecified atom stereocenters. The topological polar surface area (TPSA) is 135 Å². The van der Waals surface area contributed by atoms with Crippen molar-refractivity contribution < 1.29 is 29.3 Å². The van der Waals surface area contributed by atoms with Crippen LogP contribution in [-0.4, -0.2) is 57.0 Å². The molecule has 2 aliphatic rings. The van der Waals surface area contributed by atoms with Gasteiger partial charge in [-0.3, -0.25) is 9.59 Å². The summed E-state index contributed by atoms with van der Waals surface area (Å²) in [5.74, 6) is -1.49. The zero-order chi connectivity index (χ0) is 25.0. The molecule has 2 saturated heterocycles. The number of ether oxygens (including phenoxy) is 2. The van der Waals surface area contributed by atoms with Gasteiger partial charge < -0.3 is 25.4 Å². The highest BCUT2D eigenvalue weighted by Crippen LogP contribution is 2.44. The molecule has 1 aromatic heterocycles. The van der Waals surface area contributed by atoms with Gasteiger partial charge in [-0.1, -0.05) is 20.3 Å². The number of esters is 1. The Hall–Kier alpha value is -1.65. The van der Waals surface area contributed by atoms with E-state index in [0.717, 1.165) is 35.5 Å². The van der Waals surface area contributed by atoms with Crippen molar-refractivity contribution in [1.29, 1.82) is 0 Å². The van der Waals surface area contributed by atoms with Gasteiger partial charge in [0.2, 0.25) is 0 Å². The number of fused-ring (bicyclic) bond motifs is 1. The van der Waals surface area contributed by atoms with E-state index in [1.165, 1.54) is 11.3 Å². The number of hydrogen-bond donors (Lipinski definition) is 3. The van der Waals surface area contributed by atoms with E-state index in [4.69, 9.17) is 15.2 Å². The van der Waals surface area contributed by atoms with Gasteiger partial charge in [-0.2, -0.15) is 0 Å². The molecule has 0 aliphatic carbocycles. The van der Waals surface area contributed by atoms with Crippen LogP contribution in [0.4, 0.5) is 0 Å². The van der Waals surface area contributed by atoms with Crippen LogP contribution < -0.4 is 5.73 Å². The lowest BCUT2D eigenvalue weighted by molar-refractivity contribution is -0.150. The van der Waals surface area contributed by atoms with Crippen LogP contribution in [0.1, 0.15) is 76.9 Å². The van der Waals surface area contributed by atoms with Crippen molar-refractivity contribution >= 4 is 29.2 Å². The molecule has 3 rings (SSSR count). The summed E-state index contributed by atoms with van der Waals surface area (Å²) < 4.78 is 11.8. The number of cyclic esters (lactones) is 1. The first kappa shape index (κ1) is 26.9. The second-order valence-corrected chi connectivity index (χ2v) is 11.0. The molecule has 9 heteroatoms. The zero-order valence-corrected chi connectivity index (χ0v) is 21.3. The quantitative estimate of drug-likeness (QED) is 0.431. The SMILES string of the molecule is C/C(=C\c1csc(CN)n1)[C@@H]1CC2O[C@]2(C)CCC[C@H](C)[C@H](O)[C@@H](C)C(=O)C[C@@H](O)CC(=O)O1. The molecule has 7 atom stereocenters. The summed E-state index contributed by atoms with van der Waals surface area (Å²) in [5.41, 5.74) is 6.95. The number of nitrogens with two attached hydrogens (primary N) is 1. The Balaban J connectivity index is 1.78. The minimum atomic E-state index is -1.16. The van der Waals surface area contributed by atoms with Crippen molar-refractivity contribution in [2.75, 3.05) is 0 Å². The molecule has 8 nitrogen and oxygen atoms in total. The van der Waals surface area contributed by atoms with Gasteiger partial charge >= 0.3 is 5.97 Å². The lowest BCUT2D eigenvalue weighted by Gasteiger charge is -2.25. The summed E-state index contributed by atoms with van der Waals surface area (Å²) in [7, 11) is 0. The van der Waals surface area contributed by atoms with Crippen LogP contribution in [0.5, 0.6) is 0 Å². The standard InChI is InChI=1S/C25H38N2O6S/c1-14-6-5-7-25(4)21(33-25)11-20(15(2)8-17-13-34-22(12-26)27-17)32-23(30)10-18(28)9-19(29)16(3)24(14)31/h8,13-14,16,18,20-21,24,28,31H,5-7,9-12,26H2,1-4H3/b15-8+/t14-,16-,18+,20-,21?,24-,25+/m0/s1. The van der Waals surface area contributed by atoms with Crippen LogP contribution in [0, 0.1) is 11.8 Å². The largest absolute Gasteiger partial charge is 0.458 e. The summed E-state index contributed by atoms with van der Waals surface area (Å²) in [6.45, 7) is 7.94. The van der Waals surface area contributed by atoms with E-state index in [1.54, 1.807) is 6.92 Å². The van der Waals surface area contributed by atoms with Gasteiger partial charge in [0.25, 0.3) is 0 Å². The average molecular weight is 495 g/mol. The molecule has 190 valence electrons. The van der Waals surface area contributed by atoms with E-state index in [9.17, 15) is 19.8 Å². The van der Waals surface area contributed by atoms with Gasteiger partial charge in [0, 0.05) is 30.7 Å². The van der Waals surface area contributed by atoms with E-state index in [-0.39, 0.29) is 36.2 Å². The molecule has 0 radical (unpaired) electrons. The van der Waals surface area contributed by atoms with Gasteiger partial charge in [0.05, 0.1) is 36.0 Å². The lowest BCUT2D eigenvalue weighted by Crippen LogP contribution is -2.34. The smallest absolute Gasteiger partial charge is 0.309 e. The van der Waals surface area contributed by atoms with E-state index in [1.807, 2.05) is 25.3 Å². The number of thiazole rings is 1. The number of rotatable bonds is 3. The molecule has 0 amide bonds. The van der Waals surface area contributed by atoms with Crippen molar-refractivity contribution in [2.24, 2.45) is 17.6 Å². The maximum Gasteiger partial charge on any atom is 0.309 e. The minimum Gasteiger partial charge on any atom is -0.458 e. The second-order valence-electron chi connectivity index (χ2n) is 10.1. The monoisotopic (exact) mass is 494 g/mol. The number of carbonyl (C=O) groups excluding carboxylic acids is 2. The fourth-order valence-electron chi connectivity index (χ4n) is 4.66. The Kier molecular flexibility index (Phi) is 9.03. The molecule has 2 aliphatic heterocycles. The number of aromatic nitrogens is 1. The van der Waals surface area contributed by atoms with Gasteiger partial charge in [-0.15, -0.1) is 11.3 Å². The van der Waals surface area contributed by atoms with Gasteiger partial charge in [0.15, 0.2) is 0 Å². The van der Waals surface area contributed by atoms with Crippen LogP contribution in [0.25, 0.3) is 6.08 Å². The van der Waals surface area contributed by atoms with Crippen LogP contribution in [0.2, 0.25) is 0 Å². The van der Waals surface area contributed by atoms with Gasteiger partial charge in [-0.25, -0.2) is 4.98 Å². The van der Waals surface area contributed by atoms with Crippen molar-refractivity contribution in [3.05, 3.63) is 21.7 Å². The molecule has 0 spiro atoms. The van der Waals surface area contributed by atoms with Crippen LogP contribution >= 0.6 is 11.3 Å². The third kappa shape index (κ3) is 6.95. The molecule has 1 aromatic rings. The molecular weight excluding hydrogens is 456 g/mol. The highest BCUT2D eigenvalue weighted by molar-refractivity contribution is 7.09. The number of ketones is 1. The van der Waals surface area contributed by atoms with Crippen LogP contribution in [0.3, 0.4) is 0 Å². The zero-order valence-electron chi connectivity index (χ0n) is 20.5. The third-order valence-electron chi connectivity index (χ3n) is 7.14. The van der Waals surface area contributed by atoms with E-state index < -0.39 is 30.2 Å². The number of hydrogen-bond acceptors (Lipinski definition) is 9. The highest BCUT2D eigenvalue weighted by atomic mass is 32.1. The van der Waals surface area contributed by atoms with Gasteiger partial charge in [-0.05, 0) is 44.3 Å². The number of epoxide rings is 1. The second kappa shape index (κ2) is 11.4. The molecule has 0 saturated carbocycles. The summed E-state index contributed by atoms with van der Waals surface area (Å²) in [5, 5.41) is 23.7. The summed E-state index contributed by atoms with van der Waals surface area (Å²) >= 11 is 1.48. The molecule has 34 heavy (non-hydrogen) atoms. The first-order valence-corrected chi connectivity index (χ1v) is 13.0. The fourth-order valence-corrected chi connectivity index (χ4v) is 5.29. The molecular formula is C25H38N2O6S. The first-order chi connectivity index (χ1) is 16.0. The maximum absolute atomic E-state index is 12.7. The van der Waals surface area contributed by atoms with Crippen molar-refractivity contribution in [3.8, 4) is 0 Å². The molecule has 3 heterocycles. The summed E-state index contributed by atoms with van der Waals surface area (Å²) in [6.07, 6.45) is 1.84. The van der Waals surface area contributed by atoms with Gasteiger partial charge in [0.1, 0.15) is 16.9 Å². The number of carbonyl (C=O) groups is 2. The number of nitrogens with zero attached hydrogens (tertiary/aromatic N) is 1. The predicted molar refractivity (Wildman–Crippen MR) is 130 cm³/mol. The summed E-state index contributed by atoms with van der Waals surface area (Å²) in [4.78, 5) is 29.7. The molecule has 0 aromatic carbocycles. The molecule has 2 fully saturated rings. The highest BCUT2D eigenvalue weighted by Gasteiger charge is 2.52. The Morgan fingerprint density at radius 2 is 2.06 bits per heavy atom. The van der Waals surface area contributed by atoms with Crippen LogP contribution in [-0.2, 0) is 25.6 Å². The third-order valence-corrected chi connectivity index (χ3v) is 8.03. The maximum atomic E-state index is 12.7. The first-order valence-electron chi connectivity index (χ1n) is 12.1. The summed E-state index contributed by atoms with van der Waals surface area (Å²) in [6, 6.07) is 0. The number of Topliss-reactive ketones (excluding diaryl/α,β-unsaturated/α-hetero) is 1. The van der Waals surface area contributed by atoms with Crippen molar-refractivity contribution in [1.82, 2.24) is 4.98 Å². The van der Waals surface area contributed by atoms with Crippen LogP contribution in [0.15, 0.2) is 11.0 Å². The van der Waals surface area contributed by atoms with E-state index in [2.05, 4.69) is 11.9 Å². The van der Waals surface area contributed by atoms with E-state index in [0.29, 0.717) is 13.0 Å². The normalized spacial score (nSPS) is 36.6. The van der Waals surface area contributed by atoms with E-state index >= 15 is 0 Å². The van der Waals surface area contributed by atoms with Crippen molar-refractivity contribution in [3.63, 3.8) is 0 Å². The Morgan fingerprint density at radius 3 is 2.74 bits per heavy atom. The molecule has 4 N–H and O–H groups in total. The lowest BCUT2D eigenvalue weighted by atomic mass is 9.84.